The summed E-state index contributed by atoms with van der Waals surface area (Å²) in [5, 5.41) is 16.0. The third-order valence-electron chi connectivity index (χ3n) is 2.37. The molecule has 0 aliphatic heterocycles. The van der Waals surface area contributed by atoms with Crippen LogP contribution in [0.4, 0.5) is 0 Å². The largest absolute Gasteiger partial charge is 0.478 e. The zero-order valence-corrected chi connectivity index (χ0v) is 9.96. The van der Waals surface area contributed by atoms with Crippen LogP contribution in [0.25, 0.3) is 0 Å². The van der Waals surface area contributed by atoms with Crippen molar-refractivity contribution in [3.05, 3.63) is 35.8 Å². The number of carboxylic acid groups (broad SMARTS) is 1. The predicted octanol–water partition coefficient (Wildman–Crippen LogP) is 0.439. The van der Waals surface area contributed by atoms with Crippen LogP contribution in [0.2, 0.25) is 0 Å². The van der Waals surface area contributed by atoms with Crippen LogP contribution in [0.5, 0.6) is 0 Å². The maximum absolute atomic E-state index is 10.6. The molecule has 0 saturated carbocycles. The first-order valence-corrected chi connectivity index (χ1v) is 5.51. The van der Waals surface area contributed by atoms with Crippen molar-refractivity contribution in [3.63, 3.8) is 0 Å². The fraction of sp³-hybridized carbons (Fsp3) is 0.364. The molecule has 2 N–H and O–H groups in total. The minimum atomic E-state index is -0.984. The van der Waals surface area contributed by atoms with Crippen LogP contribution in [0.15, 0.2) is 23.1 Å². The fourth-order valence-electron chi connectivity index (χ4n) is 1.50. The van der Waals surface area contributed by atoms with Crippen molar-refractivity contribution >= 4 is 5.97 Å². The first kappa shape index (κ1) is 12.3. The molecule has 0 amide bonds. The van der Waals surface area contributed by atoms with Gasteiger partial charge in [0, 0.05) is 20.0 Å². The van der Waals surface area contributed by atoms with Gasteiger partial charge in [0.05, 0.1) is 12.1 Å². The van der Waals surface area contributed by atoms with Crippen LogP contribution in [0.1, 0.15) is 21.9 Å². The monoisotopic (exact) mass is 250 g/mol. The third kappa shape index (κ3) is 3.17. The molecular formula is C11H14N4O3. The van der Waals surface area contributed by atoms with Gasteiger partial charge in [-0.15, -0.1) is 0 Å². The molecule has 0 saturated heterocycles. The van der Waals surface area contributed by atoms with Crippen LogP contribution in [-0.4, -0.2) is 32.4 Å². The number of aromatic carboxylic acids is 1. The van der Waals surface area contributed by atoms with E-state index in [1.807, 2.05) is 7.05 Å². The molecule has 0 atom stereocenters. The van der Waals surface area contributed by atoms with E-state index >= 15 is 0 Å². The maximum Gasteiger partial charge on any atom is 0.338 e. The summed E-state index contributed by atoms with van der Waals surface area (Å²) in [6.45, 7) is 1.19. The standard InChI is InChI=1S/C11H14N4O3/c1-15-7-13-10(14-15)2-3-12-5-9-4-8(6-18-9)11(16)17/h4,6-7,12H,2-3,5H2,1H3,(H,16,17). The van der Waals surface area contributed by atoms with Gasteiger partial charge in [-0.3, -0.25) is 4.68 Å². The molecule has 2 rings (SSSR count). The second-order valence-corrected chi connectivity index (χ2v) is 3.87. The Morgan fingerprint density at radius 2 is 2.44 bits per heavy atom. The van der Waals surface area contributed by atoms with Crippen molar-refractivity contribution in [1.29, 1.82) is 0 Å². The van der Waals surface area contributed by atoms with Crippen molar-refractivity contribution in [2.45, 2.75) is 13.0 Å². The van der Waals surface area contributed by atoms with E-state index in [1.54, 1.807) is 11.0 Å². The summed E-state index contributed by atoms with van der Waals surface area (Å²) in [6, 6.07) is 1.51. The summed E-state index contributed by atoms with van der Waals surface area (Å²) in [5.41, 5.74) is 0.165. The molecule has 0 aromatic carbocycles. The molecule has 0 unspecified atom stereocenters. The normalized spacial score (nSPS) is 10.7. The van der Waals surface area contributed by atoms with Crippen LogP contribution < -0.4 is 5.32 Å². The lowest BCUT2D eigenvalue weighted by Gasteiger charge is -1.99. The molecule has 2 aromatic heterocycles. The summed E-state index contributed by atoms with van der Waals surface area (Å²) in [7, 11) is 1.82. The number of hydrogen-bond donors (Lipinski definition) is 2. The van der Waals surface area contributed by atoms with Gasteiger partial charge in [-0.25, -0.2) is 9.78 Å². The zero-order chi connectivity index (χ0) is 13.0. The second-order valence-electron chi connectivity index (χ2n) is 3.87. The molecule has 0 aliphatic rings. The van der Waals surface area contributed by atoms with Crippen molar-refractivity contribution in [1.82, 2.24) is 20.1 Å². The molecular weight excluding hydrogens is 236 g/mol. The predicted molar refractivity (Wildman–Crippen MR) is 62.1 cm³/mol. The molecule has 0 bridgehead atoms. The third-order valence-corrected chi connectivity index (χ3v) is 2.37. The SMILES string of the molecule is Cn1cnc(CCNCc2cc(C(=O)O)co2)n1. The van der Waals surface area contributed by atoms with Gasteiger partial charge in [-0.1, -0.05) is 0 Å². The van der Waals surface area contributed by atoms with Crippen molar-refractivity contribution in [3.8, 4) is 0 Å². The average Bonchev–Trinajstić information content (AvgIpc) is 2.93. The second kappa shape index (κ2) is 5.46. The highest BCUT2D eigenvalue weighted by Gasteiger charge is 2.07. The molecule has 0 aliphatic carbocycles. The minimum absolute atomic E-state index is 0.165. The van der Waals surface area contributed by atoms with Crippen molar-refractivity contribution in [2.24, 2.45) is 7.05 Å². The van der Waals surface area contributed by atoms with E-state index in [0.29, 0.717) is 25.3 Å². The Morgan fingerprint density at radius 1 is 1.61 bits per heavy atom. The summed E-state index contributed by atoms with van der Waals surface area (Å²) < 4.78 is 6.76. The lowest BCUT2D eigenvalue weighted by molar-refractivity contribution is 0.0696. The number of hydrogen-bond acceptors (Lipinski definition) is 5. The summed E-state index contributed by atoms with van der Waals surface area (Å²) in [4.78, 5) is 14.7. The summed E-state index contributed by atoms with van der Waals surface area (Å²) in [5.74, 6) is 0.389. The molecule has 0 radical (unpaired) electrons. The van der Waals surface area contributed by atoms with Gasteiger partial charge in [0.1, 0.15) is 18.4 Å². The Hall–Kier alpha value is -2.15. The number of furan rings is 1. The Morgan fingerprint density at radius 3 is 3.06 bits per heavy atom. The van der Waals surface area contributed by atoms with Gasteiger partial charge < -0.3 is 14.8 Å². The van der Waals surface area contributed by atoms with Gasteiger partial charge in [0.25, 0.3) is 0 Å². The molecule has 2 heterocycles. The molecule has 96 valence electrons. The Balaban J connectivity index is 1.73. The van der Waals surface area contributed by atoms with E-state index in [4.69, 9.17) is 9.52 Å². The summed E-state index contributed by atoms with van der Waals surface area (Å²) in [6.07, 6.45) is 3.61. The number of carboxylic acids is 1. The molecule has 7 nitrogen and oxygen atoms in total. The smallest absolute Gasteiger partial charge is 0.338 e. The minimum Gasteiger partial charge on any atom is -0.478 e. The number of nitrogens with zero attached hydrogens (tertiary/aromatic N) is 3. The van der Waals surface area contributed by atoms with Gasteiger partial charge in [0.15, 0.2) is 5.82 Å². The van der Waals surface area contributed by atoms with Gasteiger partial charge >= 0.3 is 5.97 Å². The molecule has 18 heavy (non-hydrogen) atoms. The summed E-state index contributed by atoms with van der Waals surface area (Å²) >= 11 is 0. The molecule has 2 aromatic rings. The van der Waals surface area contributed by atoms with E-state index in [1.165, 1.54) is 12.3 Å². The van der Waals surface area contributed by atoms with E-state index in [9.17, 15) is 4.79 Å². The highest BCUT2D eigenvalue weighted by atomic mass is 16.4. The van der Waals surface area contributed by atoms with Gasteiger partial charge in [-0.05, 0) is 6.07 Å². The van der Waals surface area contributed by atoms with Gasteiger partial charge in [0.2, 0.25) is 0 Å². The van der Waals surface area contributed by atoms with E-state index in [2.05, 4.69) is 15.4 Å². The quantitative estimate of drug-likeness (QED) is 0.722. The van der Waals surface area contributed by atoms with E-state index < -0.39 is 5.97 Å². The van der Waals surface area contributed by atoms with E-state index in [-0.39, 0.29) is 5.56 Å². The van der Waals surface area contributed by atoms with Crippen LogP contribution in [0.3, 0.4) is 0 Å². The van der Waals surface area contributed by atoms with Crippen LogP contribution in [0, 0.1) is 0 Å². The van der Waals surface area contributed by atoms with Crippen LogP contribution in [-0.2, 0) is 20.0 Å². The molecule has 0 spiro atoms. The average molecular weight is 250 g/mol. The molecule has 0 fully saturated rings. The topological polar surface area (TPSA) is 93.2 Å². The van der Waals surface area contributed by atoms with E-state index in [0.717, 1.165) is 5.82 Å². The Kier molecular flexibility index (Phi) is 3.73. The number of nitrogens with one attached hydrogen (secondary N) is 1. The number of aryl methyl sites for hydroxylation is 1. The highest BCUT2D eigenvalue weighted by Crippen LogP contribution is 2.07. The maximum atomic E-state index is 10.6. The lowest BCUT2D eigenvalue weighted by Crippen LogP contribution is -2.17. The van der Waals surface area contributed by atoms with Gasteiger partial charge in [-0.2, -0.15) is 5.10 Å². The number of carbonyl (C=O) groups is 1. The van der Waals surface area contributed by atoms with Crippen LogP contribution >= 0.6 is 0 Å². The first-order valence-electron chi connectivity index (χ1n) is 5.51. The van der Waals surface area contributed by atoms with Crippen molar-refractivity contribution in [2.75, 3.05) is 6.54 Å². The Bertz CT molecular complexity index is 532. The Labute approximate surface area is 103 Å². The first-order chi connectivity index (χ1) is 8.65. The zero-order valence-electron chi connectivity index (χ0n) is 9.96. The fourth-order valence-corrected chi connectivity index (χ4v) is 1.50. The molecule has 7 heteroatoms. The number of aromatic nitrogens is 3. The highest BCUT2D eigenvalue weighted by molar-refractivity contribution is 5.87. The lowest BCUT2D eigenvalue weighted by atomic mass is 10.3. The number of rotatable bonds is 6. The van der Waals surface area contributed by atoms with Crippen molar-refractivity contribution < 1.29 is 14.3 Å².